The normalized spacial score (nSPS) is 13.3. The van der Waals surface area contributed by atoms with Crippen molar-refractivity contribution in [1.29, 1.82) is 0 Å². The van der Waals surface area contributed by atoms with Gasteiger partial charge in [-0.2, -0.15) is 0 Å². The molecule has 0 radical (unpaired) electrons. The van der Waals surface area contributed by atoms with E-state index in [2.05, 4.69) is 77.5 Å². The molecule has 5 rings (SSSR count). The number of benzene rings is 3. The van der Waals surface area contributed by atoms with E-state index in [1.54, 1.807) is 0 Å². The summed E-state index contributed by atoms with van der Waals surface area (Å²) in [4.78, 5) is 15.0. The number of fused-ring (bicyclic) bond motifs is 3. The van der Waals surface area contributed by atoms with Gasteiger partial charge in [0, 0.05) is 53.9 Å². The molecular weight excluding hydrogens is 382 g/mol. The Balaban J connectivity index is 1.45. The maximum atomic E-state index is 13.1. The molecular formula is C27H27N3O. The summed E-state index contributed by atoms with van der Waals surface area (Å²) in [7, 11) is 0. The van der Waals surface area contributed by atoms with Crippen LogP contribution in [0.4, 0.5) is 10.5 Å². The lowest BCUT2D eigenvalue weighted by Crippen LogP contribution is -2.39. The lowest BCUT2D eigenvalue weighted by molar-refractivity contribution is 0.206. The van der Waals surface area contributed by atoms with Gasteiger partial charge in [-0.3, -0.25) is 0 Å². The Bertz CT molecular complexity index is 1230. The summed E-state index contributed by atoms with van der Waals surface area (Å²) in [5, 5.41) is 4.39. The van der Waals surface area contributed by atoms with Crippen molar-refractivity contribution in [3.63, 3.8) is 0 Å². The van der Waals surface area contributed by atoms with Crippen LogP contribution < -0.4 is 5.32 Å². The predicted octanol–water partition coefficient (Wildman–Crippen LogP) is 5.84. The predicted molar refractivity (Wildman–Crippen MR) is 126 cm³/mol. The number of hydrogen-bond acceptors (Lipinski definition) is 1. The van der Waals surface area contributed by atoms with Crippen molar-refractivity contribution in [2.24, 2.45) is 0 Å². The van der Waals surface area contributed by atoms with Gasteiger partial charge in [-0.25, -0.2) is 4.79 Å². The third kappa shape index (κ3) is 3.70. The number of aryl methyl sites for hydroxylation is 1. The van der Waals surface area contributed by atoms with Crippen LogP contribution in [0.5, 0.6) is 0 Å². The molecule has 156 valence electrons. The van der Waals surface area contributed by atoms with Gasteiger partial charge in [-0.15, -0.1) is 0 Å². The highest BCUT2D eigenvalue weighted by Gasteiger charge is 2.26. The van der Waals surface area contributed by atoms with Crippen molar-refractivity contribution in [2.45, 2.75) is 32.9 Å². The van der Waals surface area contributed by atoms with Crippen LogP contribution in [0.25, 0.3) is 10.9 Å². The van der Waals surface area contributed by atoms with Gasteiger partial charge in [0.1, 0.15) is 0 Å². The van der Waals surface area contributed by atoms with E-state index < -0.39 is 0 Å². The van der Waals surface area contributed by atoms with Crippen LogP contribution in [0.15, 0.2) is 78.9 Å². The summed E-state index contributed by atoms with van der Waals surface area (Å²) < 4.78 is 2.43. The first-order valence-electron chi connectivity index (χ1n) is 11.0. The molecule has 0 saturated heterocycles. The number of nitrogens with one attached hydrogen (secondary N) is 1. The quantitative estimate of drug-likeness (QED) is 0.452. The van der Waals surface area contributed by atoms with Gasteiger partial charge in [-0.1, -0.05) is 73.7 Å². The Morgan fingerprint density at radius 3 is 2.52 bits per heavy atom. The van der Waals surface area contributed by atoms with E-state index in [4.69, 9.17) is 0 Å². The van der Waals surface area contributed by atoms with Crippen LogP contribution in [0.2, 0.25) is 0 Å². The molecule has 1 aromatic heterocycles. The maximum absolute atomic E-state index is 13.1. The second-order valence-corrected chi connectivity index (χ2v) is 8.13. The molecule has 0 unspecified atom stereocenters. The van der Waals surface area contributed by atoms with E-state index in [9.17, 15) is 4.79 Å². The number of anilines is 1. The third-order valence-electron chi connectivity index (χ3n) is 6.27. The first-order valence-corrected chi connectivity index (χ1v) is 11.0. The SMILES string of the molecule is CCc1ccccc1NC(=O)N1CCc2c(c3ccccc3n2Cc2ccccc2)C1. The van der Waals surface area contributed by atoms with Gasteiger partial charge in [0.2, 0.25) is 0 Å². The Labute approximate surface area is 183 Å². The molecule has 0 spiro atoms. The molecule has 0 saturated carbocycles. The number of amides is 2. The van der Waals surface area contributed by atoms with Crippen molar-refractivity contribution in [3.05, 3.63) is 101 Å². The number of nitrogens with zero attached hydrogens (tertiary/aromatic N) is 2. The highest BCUT2D eigenvalue weighted by atomic mass is 16.2. The number of aromatic nitrogens is 1. The van der Waals surface area contributed by atoms with Gasteiger partial charge in [0.15, 0.2) is 0 Å². The second-order valence-electron chi connectivity index (χ2n) is 8.13. The summed E-state index contributed by atoms with van der Waals surface area (Å²) in [6, 6.07) is 27.2. The Morgan fingerprint density at radius 1 is 0.935 bits per heavy atom. The molecule has 1 aliphatic heterocycles. The van der Waals surface area contributed by atoms with Gasteiger partial charge in [-0.05, 0) is 29.7 Å². The summed E-state index contributed by atoms with van der Waals surface area (Å²) in [6.07, 6.45) is 1.76. The fourth-order valence-corrected chi connectivity index (χ4v) is 4.67. The zero-order chi connectivity index (χ0) is 21.2. The molecule has 2 heterocycles. The Kier molecular flexibility index (Phi) is 5.21. The molecule has 0 bridgehead atoms. The summed E-state index contributed by atoms with van der Waals surface area (Å²) in [6.45, 7) is 4.32. The van der Waals surface area contributed by atoms with Crippen LogP contribution in [0.1, 0.15) is 29.3 Å². The number of carbonyl (C=O) groups excluding carboxylic acids is 1. The van der Waals surface area contributed by atoms with Crippen molar-refractivity contribution in [1.82, 2.24) is 9.47 Å². The number of para-hydroxylation sites is 2. The highest BCUT2D eigenvalue weighted by molar-refractivity contribution is 5.92. The van der Waals surface area contributed by atoms with Crippen molar-refractivity contribution in [3.8, 4) is 0 Å². The van der Waals surface area contributed by atoms with E-state index in [-0.39, 0.29) is 6.03 Å². The molecule has 2 amide bonds. The molecule has 4 heteroatoms. The van der Waals surface area contributed by atoms with E-state index in [0.717, 1.165) is 37.2 Å². The molecule has 1 aliphatic rings. The smallest absolute Gasteiger partial charge is 0.322 e. The van der Waals surface area contributed by atoms with Crippen molar-refractivity contribution in [2.75, 3.05) is 11.9 Å². The Hall–Kier alpha value is -3.53. The average molecular weight is 410 g/mol. The number of carbonyl (C=O) groups is 1. The number of hydrogen-bond donors (Lipinski definition) is 1. The fraction of sp³-hybridized carbons (Fsp3) is 0.222. The number of urea groups is 1. The zero-order valence-electron chi connectivity index (χ0n) is 17.8. The standard InChI is InChI=1S/C27H27N3O/c1-2-21-12-6-8-14-24(21)28-27(31)29-17-16-26-23(19-29)22-13-7-9-15-25(22)30(26)18-20-10-4-3-5-11-20/h3-15H,2,16-19H2,1H3,(H,28,31). The van der Waals surface area contributed by atoms with E-state index in [1.807, 2.05) is 23.1 Å². The van der Waals surface area contributed by atoms with Crippen LogP contribution >= 0.6 is 0 Å². The van der Waals surface area contributed by atoms with E-state index in [1.165, 1.54) is 27.7 Å². The lowest BCUT2D eigenvalue weighted by Gasteiger charge is -2.29. The number of rotatable bonds is 4. The fourth-order valence-electron chi connectivity index (χ4n) is 4.67. The first kappa shape index (κ1) is 19.4. The molecule has 4 aromatic rings. The van der Waals surface area contributed by atoms with Gasteiger partial charge >= 0.3 is 6.03 Å². The van der Waals surface area contributed by atoms with Crippen LogP contribution in [-0.4, -0.2) is 22.0 Å². The average Bonchev–Trinajstić information content (AvgIpc) is 3.13. The van der Waals surface area contributed by atoms with Crippen LogP contribution in [-0.2, 0) is 25.9 Å². The van der Waals surface area contributed by atoms with Crippen LogP contribution in [0.3, 0.4) is 0 Å². The largest absolute Gasteiger partial charge is 0.340 e. The monoisotopic (exact) mass is 409 g/mol. The van der Waals surface area contributed by atoms with E-state index in [0.29, 0.717) is 6.54 Å². The minimum Gasteiger partial charge on any atom is -0.340 e. The highest BCUT2D eigenvalue weighted by Crippen LogP contribution is 2.32. The molecule has 0 fully saturated rings. The second kappa shape index (κ2) is 8.31. The van der Waals surface area contributed by atoms with Crippen LogP contribution in [0, 0.1) is 0 Å². The summed E-state index contributed by atoms with van der Waals surface area (Å²) >= 11 is 0. The van der Waals surface area contributed by atoms with Gasteiger partial charge in [0.05, 0.1) is 0 Å². The molecule has 4 nitrogen and oxygen atoms in total. The first-order chi connectivity index (χ1) is 15.2. The van der Waals surface area contributed by atoms with Gasteiger partial charge < -0.3 is 14.8 Å². The molecule has 1 N–H and O–H groups in total. The van der Waals surface area contributed by atoms with Crippen molar-refractivity contribution < 1.29 is 4.79 Å². The molecule has 31 heavy (non-hydrogen) atoms. The Morgan fingerprint density at radius 2 is 1.68 bits per heavy atom. The van der Waals surface area contributed by atoms with Crippen molar-refractivity contribution >= 4 is 22.6 Å². The van der Waals surface area contributed by atoms with Gasteiger partial charge in [0.25, 0.3) is 0 Å². The molecule has 0 aliphatic carbocycles. The minimum atomic E-state index is -0.0218. The zero-order valence-corrected chi connectivity index (χ0v) is 17.8. The molecule has 0 atom stereocenters. The summed E-state index contributed by atoms with van der Waals surface area (Å²) in [5.41, 5.74) is 7.23. The maximum Gasteiger partial charge on any atom is 0.322 e. The topological polar surface area (TPSA) is 37.3 Å². The minimum absolute atomic E-state index is 0.0218. The molecule has 3 aromatic carbocycles. The summed E-state index contributed by atoms with van der Waals surface area (Å²) in [5.74, 6) is 0. The van der Waals surface area contributed by atoms with E-state index >= 15 is 0 Å². The third-order valence-corrected chi connectivity index (χ3v) is 6.27. The lowest BCUT2D eigenvalue weighted by atomic mass is 10.0.